The molecule has 1 atom stereocenters. The second-order valence-electron chi connectivity index (χ2n) is 7.51. The smallest absolute Gasteiger partial charge is 1.00 e. The van der Waals surface area contributed by atoms with Gasteiger partial charge in [0.2, 0.25) is 5.82 Å². The first kappa shape index (κ1) is 20.7. The Morgan fingerprint density at radius 2 is 1.94 bits per heavy atom. The van der Waals surface area contributed by atoms with E-state index in [1.807, 2.05) is 22.8 Å². The third-order valence-electron chi connectivity index (χ3n) is 5.88. The van der Waals surface area contributed by atoms with Crippen LogP contribution in [-0.4, -0.2) is 40.0 Å². The van der Waals surface area contributed by atoms with Crippen molar-refractivity contribution in [3.05, 3.63) is 76.8 Å². The van der Waals surface area contributed by atoms with Crippen molar-refractivity contribution in [2.45, 2.75) is 32.7 Å². The van der Waals surface area contributed by atoms with Gasteiger partial charge in [-0.25, -0.2) is 4.98 Å². The summed E-state index contributed by atoms with van der Waals surface area (Å²) in [7, 11) is 0. The minimum atomic E-state index is 0. The maximum absolute atomic E-state index is 4.75. The molecule has 8 nitrogen and oxygen atoms in total. The molecule has 2 aliphatic rings. The number of hydrogen-bond donors (Lipinski definition) is 1. The molecule has 6 rings (SSSR count). The first-order valence-electron chi connectivity index (χ1n) is 10.2. The van der Waals surface area contributed by atoms with Crippen LogP contribution in [0.1, 0.15) is 38.3 Å². The summed E-state index contributed by atoms with van der Waals surface area (Å²) >= 11 is 0. The summed E-state index contributed by atoms with van der Waals surface area (Å²) in [4.78, 5) is 4.73. The predicted molar refractivity (Wildman–Crippen MR) is 114 cm³/mol. The molecule has 3 aromatic heterocycles. The Kier molecular flexibility index (Phi) is 5.39. The average molecular weight is 437 g/mol. The normalized spacial score (nSPS) is 17.0. The van der Waals surface area contributed by atoms with Crippen LogP contribution in [0.3, 0.4) is 0 Å². The van der Waals surface area contributed by atoms with Crippen molar-refractivity contribution in [3.63, 3.8) is 0 Å². The SMILES string of the molecule is CCc1nc2c(CC)cn(C3c4ccc(-c5ccccc5-c5nn[nH]n5)c3c4)n2n1.[H-].[K+]. The monoisotopic (exact) mass is 436 g/mol. The summed E-state index contributed by atoms with van der Waals surface area (Å²) in [6.45, 7) is 4.25. The van der Waals surface area contributed by atoms with Gasteiger partial charge in [0.1, 0.15) is 6.04 Å². The van der Waals surface area contributed by atoms with E-state index >= 15 is 0 Å². The summed E-state index contributed by atoms with van der Waals surface area (Å²) in [5.41, 5.74) is 7.94. The number of aromatic amines is 1. The fourth-order valence-electron chi connectivity index (χ4n) is 4.35. The minimum Gasteiger partial charge on any atom is -1.00 e. The molecular formula is C22H21KN8. The molecule has 150 valence electrons. The van der Waals surface area contributed by atoms with E-state index in [1.54, 1.807) is 0 Å². The molecule has 2 aliphatic carbocycles. The Bertz CT molecular complexity index is 1370. The van der Waals surface area contributed by atoms with Crippen molar-refractivity contribution in [1.82, 2.24) is 40.0 Å². The van der Waals surface area contributed by atoms with Crippen molar-refractivity contribution in [2.75, 3.05) is 0 Å². The molecule has 9 heteroatoms. The van der Waals surface area contributed by atoms with Crippen LogP contribution in [0.15, 0.2) is 59.8 Å². The standard InChI is InChI=1S/C22H20N8.K.H/c1-3-13-12-29(30-22(13)23-19(4-2)26-30)20-14-9-10-16(18(20)11-14)15-7-5-6-8-17(15)21-24-27-28-25-21;;/h5-12,20H,3-4H2,1-2H3,(H,24,25,27,28);;/q;+1;-1. The van der Waals surface area contributed by atoms with E-state index in [2.05, 4.69) is 69.6 Å². The molecule has 0 fully saturated rings. The predicted octanol–water partition coefficient (Wildman–Crippen LogP) is 0.457. The van der Waals surface area contributed by atoms with Crippen LogP contribution >= 0.6 is 0 Å². The fraction of sp³-hybridized carbons (Fsp3) is 0.227. The number of aryl methyl sites for hydroxylation is 2. The number of nitrogens with one attached hydrogen (secondary N) is 1. The van der Waals surface area contributed by atoms with Gasteiger partial charge in [-0.3, -0.25) is 4.68 Å². The molecule has 0 saturated heterocycles. The van der Waals surface area contributed by atoms with E-state index in [0.29, 0.717) is 5.82 Å². The third-order valence-corrected chi connectivity index (χ3v) is 5.88. The summed E-state index contributed by atoms with van der Waals surface area (Å²) in [5, 5.41) is 19.4. The molecular weight excluding hydrogens is 415 g/mol. The molecule has 3 heterocycles. The first-order valence-corrected chi connectivity index (χ1v) is 10.2. The van der Waals surface area contributed by atoms with Gasteiger partial charge in [0.25, 0.3) is 0 Å². The van der Waals surface area contributed by atoms with Crippen molar-refractivity contribution in [2.24, 2.45) is 0 Å². The Morgan fingerprint density at radius 1 is 1.10 bits per heavy atom. The average Bonchev–Trinajstić information content (AvgIpc) is 3.51. The maximum atomic E-state index is 4.75. The van der Waals surface area contributed by atoms with Crippen LogP contribution in [0, 0.1) is 0 Å². The molecule has 2 bridgehead atoms. The number of aromatic nitrogens is 8. The van der Waals surface area contributed by atoms with Gasteiger partial charge in [0.15, 0.2) is 11.5 Å². The van der Waals surface area contributed by atoms with Gasteiger partial charge >= 0.3 is 51.4 Å². The van der Waals surface area contributed by atoms with Gasteiger partial charge in [-0.15, -0.1) is 15.3 Å². The van der Waals surface area contributed by atoms with Gasteiger partial charge in [-0.1, -0.05) is 56.3 Å². The Hall–Kier alpha value is -2.17. The van der Waals surface area contributed by atoms with Gasteiger partial charge in [-0.05, 0) is 33.9 Å². The van der Waals surface area contributed by atoms with Crippen LogP contribution in [0.2, 0.25) is 0 Å². The van der Waals surface area contributed by atoms with Crippen molar-refractivity contribution in [1.29, 1.82) is 0 Å². The Balaban J connectivity index is 0.00000122. The van der Waals surface area contributed by atoms with E-state index in [-0.39, 0.29) is 58.9 Å². The van der Waals surface area contributed by atoms with Crippen LogP contribution in [0.25, 0.3) is 22.6 Å². The summed E-state index contributed by atoms with van der Waals surface area (Å²) < 4.78 is 4.18. The first-order chi connectivity index (χ1) is 14.8. The largest absolute Gasteiger partial charge is 1.00 e. The molecule has 0 amide bonds. The van der Waals surface area contributed by atoms with Crippen molar-refractivity contribution in [3.8, 4) is 11.4 Å². The van der Waals surface area contributed by atoms with E-state index in [4.69, 9.17) is 10.1 Å². The zero-order chi connectivity index (χ0) is 20.2. The Labute approximate surface area is 223 Å². The number of nitrogens with zero attached hydrogens (tertiary/aromatic N) is 7. The molecule has 1 N–H and O–H groups in total. The molecule has 1 aromatic carbocycles. The van der Waals surface area contributed by atoms with Crippen LogP contribution < -0.4 is 51.4 Å². The fourth-order valence-corrected chi connectivity index (χ4v) is 4.35. The molecule has 31 heavy (non-hydrogen) atoms. The second-order valence-corrected chi connectivity index (χ2v) is 7.51. The summed E-state index contributed by atoms with van der Waals surface area (Å²) in [5.74, 6) is 1.47. The zero-order valence-corrected chi connectivity index (χ0v) is 20.9. The Morgan fingerprint density at radius 3 is 2.65 bits per heavy atom. The quantitative estimate of drug-likeness (QED) is 0.459. The minimum absolute atomic E-state index is 0. The van der Waals surface area contributed by atoms with E-state index in [1.165, 1.54) is 22.3 Å². The maximum Gasteiger partial charge on any atom is 1.00 e. The molecule has 0 spiro atoms. The molecule has 0 saturated carbocycles. The van der Waals surface area contributed by atoms with Crippen LogP contribution in [0.4, 0.5) is 0 Å². The van der Waals surface area contributed by atoms with Crippen molar-refractivity contribution >= 4 is 11.2 Å². The van der Waals surface area contributed by atoms with E-state index in [0.717, 1.165) is 35.4 Å². The van der Waals surface area contributed by atoms with Gasteiger partial charge in [0.05, 0.1) is 0 Å². The van der Waals surface area contributed by atoms with Gasteiger partial charge < -0.3 is 1.43 Å². The van der Waals surface area contributed by atoms with E-state index < -0.39 is 0 Å². The van der Waals surface area contributed by atoms with Crippen LogP contribution in [0.5, 0.6) is 0 Å². The molecule has 0 aliphatic heterocycles. The van der Waals surface area contributed by atoms with E-state index in [9.17, 15) is 0 Å². The number of benzene rings is 1. The number of rotatable bonds is 5. The second kappa shape index (κ2) is 8.07. The third kappa shape index (κ3) is 3.14. The summed E-state index contributed by atoms with van der Waals surface area (Å²) in [6, 6.07) is 8.30. The molecule has 1 unspecified atom stereocenters. The number of H-pyrrole nitrogens is 1. The summed E-state index contributed by atoms with van der Waals surface area (Å²) in [6.07, 6.45) is 10.6. The number of hydrogen-bond acceptors (Lipinski definition) is 5. The van der Waals surface area contributed by atoms with Gasteiger partial charge in [0, 0.05) is 23.7 Å². The number of fused-ring (bicyclic) bond motifs is 3. The number of tetrazole rings is 1. The van der Waals surface area contributed by atoms with Crippen molar-refractivity contribution < 1.29 is 52.8 Å². The molecule has 0 radical (unpaired) electrons. The zero-order valence-electron chi connectivity index (χ0n) is 18.7. The van der Waals surface area contributed by atoms with Gasteiger partial charge in [-0.2, -0.15) is 9.84 Å². The topological polar surface area (TPSA) is 89.6 Å². The number of allylic oxidation sites excluding steroid dienone is 6. The van der Waals surface area contributed by atoms with Crippen LogP contribution in [-0.2, 0) is 12.8 Å². The molecule has 4 aromatic rings.